The molecule has 2 N–H and O–H groups in total. The molecule has 1 heterocycles. The smallest absolute Gasteiger partial charge is 0.354 e. The van der Waals surface area contributed by atoms with Gasteiger partial charge in [0.25, 0.3) is 0 Å². The highest BCUT2D eigenvalue weighted by Crippen LogP contribution is 2.21. The summed E-state index contributed by atoms with van der Waals surface area (Å²) in [4.78, 5) is 14.9. The summed E-state index contributed by atoms with van der Waals surface area (Å²) in [6.45, 7) is 4.25. The molecule has 0 spiro atoms. The van der Waals surface area contributed by atoms with Gasteiger partial charge in [0.1, 0.15) is 5.82 Å². The predicted molar refractivity (Wildman–Crippen MR) is 75.0 cm³/mol. The number of hydrogen-bond donors (Lipinski definition) is 2. The molecule has 98 valence electrons. The van der Waals surface area contributed by atoms with Gasteiger partial charge in [-0.05, 0) is 35.7 Å². The molecule has 4 nitrogen and oxygen atoms in total. The molecule has 0 bridgehead atoms. The molecule has 19 heavy (non-hydrogen) atoms. The van der Waals surface area contributed by atoms with E-state index in [1.54, 1.807) is 12.1 Å². The number of carboxylic acid groups (broad SMARTS) is 1. The largest absolute Gasteiger partial charge is 0.477 e. The van der Waals surface area contributed by atoms with Crippen molar-refractivity contribution in [1.29, 1.82) is 0 Å². The molecule has 0 radical (unpaired) electrons. The Bertz CT molecular complexity index is 594. The maximum Gasteiger partial charge on any atom is 0.354 e. The Morgan fingerprint density at radius 1 is 1.21 bits per heavy atom. The maximum absolute atomic E-state index is 10.9. The Morgan fingerprint density at radius 3 is 2.63 bits per heavy atom. The lowest BCUT2D eigenvalue weighted by Crippen LogP contribution is -2.02. The Morgan fingerprint density at radius 2 is 1.95 bits per heavy atom. The number of nitrogens with zero attached hydrogens (tertiary/aromatic N) is 1. The molecule has 0 saturated carbocycles. The molecule has 0 aliphatic carbocycles. The van der Waals surface area contributed by atoms with Crippen LogP contribution in [-0.2, 0) is 0 Å². The minimum atomic E-state index is -1.03. The second-order valence-electron chi connectivity index (χ2n) is 4.62. The normalized spacial score (nSPS) is 10.5. The first-order chi connectivity index (χ1) is 9.06. The third kappa shape index (κ3) is 3.31. The Balaban J connectivity index is 2.23. The van der Waals surface area contributed by atoms with Crippen molar-refractivity contribution in [3.8, 4) is 0 Å². The van der Waals surface area contributed by atoms with Gasteiger partial charge in [0.2, 0.25) is 0 Å². The van der Waals surface area contributed by atoms with E-state index in [-0.39, 0.29) is 5.69 Å². The molecule has 0 aliphatic rings. The summed E-state index contributed by atoms with van der Waals surface area (Å²) >= 11 is 0. The summed E-state index contributed by atoms with van der Waals surface area (Å²) in [5.74, 6) is -0.0551. The van der Waals surface area contributed by atoms with E-state index in [1.807, 2.05) is 18.2 Å². The van der Waals surface area contributed by atoms with E-state index >= 15 is 0 Å². The number of aromatic nitrogens is 1. The summed E-state index contributed by atoms with van der Waals surface area (Å²) in [5, 5.41) is 12.0. The summed E-state index contributed by atoms with van der Waals surface area (Å²) in [7, 11) is 0. The van der Waals surface area contributed by atoms with Gasteiger partial charge in [-0.3, -0.25) is 0 Å². The van der Waals surface area contributed by atoms with Crippen LogP contribution in [0.15, 0.2) is 42.5 Å². The Labute approximate surface area is 112 Å². The fourth-order valence-electron chi connectivity index (χ4n) is 1.75. The van der Waals surface area contributed by atoms with Crippen LogP contribution in [-0.4, -0.2) is 16.1 Å². The minimum absolute atomic E-state index is 0.0324. The molecule has 0 saturated heterocycles. The van der Waals surface area contributed by atoms with Crippen LogP contribution in [0.25, 0.3) is 0 Å². The van der Waals surface area contributed by atoms with Crippen LogP contribution in [0.3, 0.4) is 0 Å². The molecule has 0 aliphatic heterocycles. The summed E-state index contributed by atoms with van der Waals surface area (Å²) in [5.41, 5.74) is 2.16. The molecule has 1 aromatic carbocycles. The van der Waals surface area contributed by atoms with Gasteiger partial charge in [-0.2, -0.15) is 0 Å². The number of aromatic carboxylic acids is 1. The predicted octanol–water partition coefficient (Wildman–Crippen LogP) is 3.65. The molecule has 2 rings (SSSR count). The molecule has 0 amide bonds. The van der Waals surface area contributed by atoms with Crippen LogP contribution in [0.2, 0.25) is 0 Å². The van der Waals surface area contributed by atoms with E-state index in [9.17, 15) is 4.79 Å². The average molecular weight is 256 g/mol. The van der Waals surface area contributed by atoms with Gasteiger partial charge >= 0.3 is 5.97 Å². The molecule has 1 aromatic heterocycles. The van der Waals surface area contributed by atoms with Crippen molar-refractivity contribution in [3.63, 3.8) is 0 Å². The van der Waals surface area contributed by atoms with Crippen molar-refractivity contribution in [2.24, 2.45) is 0 Å². The first kappa shape index (κ1) is 13.1. The van der Waals surface area contributed by atoms with Gasteiger partial charge in [-0.25, -0.2) is 9.78 Å². The van der Waals surface area contributed by atoms with Crippen LogP contribution >= 0.6 is 0 Å². The number of hydrogen-bond acceptors (Lipinski definition) is 3. The number of nitrogens with one attached hydrogen (secondary N) is 1. The number of pyridine rings is 1. The zero-order valence-corrected chi connectivity index (χ0v) is 10.9. The number of anilines is 2. The lowest BCUT2D eigenvalue weighted by atomic mass is 10.0. The lowest BCUT2D eigenvalue weighted by molar-refractivity contribution is 0.0690. The van der Waals surface area contributed by atoms with Crippen molar-refractivity contribution < 1.29 is 9.90 Å². The topological polar surface area (TPSA) is 62.2 Å². The second kappa shape index (κ2) is 5.52. The fraction of sp³-hybridized carbons (Fsp3) is 0.200. The molecule has 0 fully saturated rings. The van der Waals surface area contributed by atoms with Crippen molar-refractivity contribution in [1.82, 2.24) is 4.98 Å². The molecule has 2 aromatic rings. The SMILES string of the molecule is CC(C)c1cccc(Nc2cccc(C(=O)O)n2)c1. The average Bonchev–Trinajstić information content (AvgIpc) is 2.39. The third-order valence-corrected chi connectivity index (χ3v) is 2.79. The van der Waals surface area contributed by atoms with Gasteiger partial charge in [0.05, 0.1) is 0 Å². The monoisotopic (exact) mass is 256 g/mol. The van der Waals surface area contributed by atoms with E-state index in [0.29, 0.717) is 11.7 Å². The number of benzene rings is 1. The van der Waals surface area contributed by atoms with Crippen LogP contribution in [0.4, 0.5) is 11.5 Å². The van der Waals surface area contributed by atoms with Gasteiger partial charge in [0.15, 0.2) is 5.69 Å². The first-order valence-electron chi connectivity index (χ1n) is 6.13. The zero-order chi connectivity index (χ0) is 13.8. The molecular weight excluding hydrogens is 240 g/mol. The van der Waals surface area contributed by atoms with Crippen molar-refractivity contribution in [2.75, 3.05) is 5.32 Å². The van der Waals surface area contributed by atoms with Crippen molar-refractivity contribution in [2.45, 2.75) is 19.8 Å². The molecule has 0 unspecified atom stereocenters. The number of carboxylic acids is 1. The number of carbonyl (C=O) groups is 1. The maximum atomic E-state index is 10.9. The standard InChI is InChI=1S/C15H16N2O2/c1-10(2)11-5-3-6-12(9-11)16-14-8-4-7-13(17-14)15(18)19/h3-10H,1-2H3,(H,16,17)(H,18,19). The van der Waals surface area contributed by atoms with Crippen molar-refractivity contribution >= 4 is 17.5 Å². The Kier molecular flexibility index (Phi) is 3.80. The lowest BCUT2D eigenvalue weighted by Gasteiger charge is -2.10. The van der Waals surface area contributed by atoms with Crippen LogP contribution in [0, 0.1) is 0 Å². The van der Waals surface area contributed by atoms with E-state index < -0.39 is 5.97 Å². The molecule has 0 atom stereocenters. The molecular formula is C15H16N2O2. The summed E-state index contributed by atoms with van der Waals surface area (Å²) in [6, 6.07) is 12.9. The highest BCUT2D eigenvalue weighted by molar-refractivity contribution is 5.85. The van der Waals surface area contributed by atoms with E-state index in [0.717, 1.165) is 5.69 Å². The van der Waals surface area contributed by atoms with E-state index in [4.69, 9.17) is 5.11 Å². The Hall–Kier alpha value is -2.36. The van der Waals surface area contributed by atoms with Crippen LogP contribution in [0.1, 0.15) is 35.8 Å². The van der Waals surface area contributed by atoms with Gasteiger partial charge < -0.3 is 10.4 Å². The summed E-state index contributed by atoms with van der Waals surface area (Å²) in [6.07, 6.45) is 0. The third-order valence-electron chi connectivity index (χ3n) is 2.79. The van der Waals surface area contributed by atoms with Crippen LogP contribution in [0.5, 0.6) is 0 Å². The molecule has 4 heteroatoms. The van der Waals surface area contributed by atoms with Gasteiger partial charge in [0, 0.05) is 5.69 Å². The zero-order valence-electron chi connectivity index (χ0n) is 10.9. The van der Waals surface area contributed by atoms with Crippen molar-refractivity contribution in [3.05, 3.63) is 53.7 Å². The van der Waals surface area contributed by atoms with Gasteiger partial charge in [-0.1, -0.05) is 32.0 Å². The van der Waals surface area contributed by atoms with E-state index in [2.05, 4.69) is 30.2 Å². The first-order valence-corrected chi connectivity index (χ1v) is 6.13. The number of rotatable bonds is 4. The minimum Gasteiger partial charge on any atom is -0.477 e. The fourth-order valence-corrected chi connectivity index (χ4v) is 1.75. The van der Waals surface area contributed by atoms with E-state index in [1.165, 1.54) is 11.6 Å². The van der Waals surface area contributed by atoms with Crippen LogP contribution < -0.4 is 5.32 Å². The highest BCUT2D eigenvalue weighted by atomic mass is 16.4. The van der Waals surface area contributed by atoms with Gasteiger partial charge in [-0.15, -0.1) is 0 Å². The second-order valence-corrected chi connectivity index (χ2v) is 4.62. The quantitative estimate of drug-likeness (QED) is 0.876. The highest BCUT2D eigenvalue weighted by Gasteiger charge is 2.06. The summed E-state index contributed by atoms with van der Waals surface area (Å²) < 4.78 is 0.